The van der Waals surface area contributed by atoms with Crippen LogP contribution in [0.1, 0.15) is 0 Å². The van der Waals surface area contributed by atoms with Gasteiger partial charge in [0, 0.05) is 33.2 Å². The average Bonchev–Trinajstić information content (AvgIpc) is 2.66. The molecule has 0 aliphatic carbocycles. The Bertz CT molecular complexity index is 309. The predicted octanol–water partition coefficient (Wildman–Crippen LogP) is 1.81. The Balaban J connectivity index is 1.88. The molecule has 0 atom stereocenters. The number of anilines is 1. The molecule has 84 valence electrons. The van der Waals surface area contributed by atoms with Crippen molar-refractivity contribution in [1.82, 2.24) is 10.2 Å². The summed E-state index contributed by atoms with van der Waals surface area (Å²) in [6.07, 6.45) is 0. The lowest BCUT2D eigenvalue weighted by Gasteiger charge is -2.31. The van der Waals surface area contributed by atoms with Crippen molar-refractivity contribution in [3.8, 4) is 0 Å². The molecule has 0 aromatic carbocycles. The number of piperazine rings is 1. The monoisotopic (exact) mass is 289 g/mol. The van der Waals surface area contributed by atoms with Crippen molar-refractivity contribution in [1.29, 1.82) is 0 Å². The van der Waals surface area contributed by atoms with Gasteiger partial charge in [-0.1, -0.05) is 0 Å². The molecule has 1 aromatic heterocycles. The lowest BCUT2D eigenvalue weighted by atomic mass is 10.4. The van der Waals surface area contributed by atoms with E-state index in [0.29, 0.717) is 0 Å². The SMILES string of the molecule is CN(CN1CCNCC1)c1ccc(Br)s1. The highest BCUT2D eigenvalue weighted by molar-refractivity contribution is 9.11. The highest BCUT2D eigenvalue weighted by atomic mass is 79.9. The molecule has 1 N–H and O–H groups in total. The summed E-state index contributed by atoms with van der Waals surface area (Å²) in [6, 6.07) is 4.27. The van der Waals surface area contributed by atoms with Crippen molar-refractivity contribution in [3.63, 3.8) is 0 Å². The molecule has 2 heterocycles. The molecule has 1 saturated heterocycles. The Kier molecular flexibility index (Phi) is 4.02. The second-order valence-corrected chi connectivity index (χ2v) is 6.23. The molecule has 5 heteroatoms. The number of thiophene rings is 1. The molecule has 0 spiro atoms. The summed E-state index contributed by atoms with van der Waals surface area (Å²) in [7, 11) is 2.15. The Labute approximate surface area is 103 Å². The number of hydrogen-bond donors (Lipinski definition) is 1. The van der Waals surface area contributed by atoms with Gasteiger partial charge in [-0.25, -0.2) is 0 Å². The number of rotatable bonds is 3. The Morgan fingerprint density at radius 1 is 1.47 bits per heavy atom. The summed E-state index contributed by atoms with van der Waals surface area (Å²) in [5.74, 6) is 0. The van der Waals surface area contributed by atoms with Crippen molar-refractivity contribution >= 4 is 32.3 Å². The quantitative estimate of drug-likeness (QED) is 0.916. The Hall–Kier alpha value is -0.100. The zero-order chi connectivity index (χ0) is 10.7. The summed E-state index contributed by atoms with van der Waals surface area (Å²) < 4.78 is 1.20. The van der Waals surface area contributed by atoms with Crippen LogP contribution in [0, 0.1) is 0 Å². The van der Waals surface area contributed by atoms with Gasteiger partial charge in [0.25, 0.3) is 0 Å². The van der Waals surface area contributed by atoms with E-state index in [2.05, 4.69) is 50.2 Å². The van der Waals surface area contributed by atoms with Crippen LogP contribution in [0.2, 0.25) is 0 Å². The minimum absolute atomic E-state index is 1.02. The fourth-order valence-electron chi connectivity index (χ4n) is 1.73. The van der Waals surface area contributed by atoms with Crippen molar-refractivity contribution in [2.24, 2.45) is 0 Å². The largest absolute Gasteiger partial charge is 0.353 e. The Morgan fingerprint density at radius 3 is 2.80 bits per heavy atom. The van der Waals surface area contributed by atoms with Crippen LogP contribution in [0.25, 0.3) is 0 Å². The summed E-state index contributed by atoms with van der Waals surface area (Å²) in [5.41, 5.74) is 0. The van der Waals surface area contributed by atoms with Gasteiger partial charge in [-0.05, 0) is 28.1 Å². The van der Waals surface area contributed by atoms with Gasteiger partial charge < -0.3 is 10.2 Å². The minimum atomic E-state index is 1.02. The van der Waals surface area contributed by atoms with Crippen LogP contribution in [0.5, 0.6) is 0 Å². The third kappa shape index (κ3) is 3.17. The minimum Gasteiger partial charge on any atom is -0.353 e. The fraction of sp³-hybridized carbons (Fsp3) is 0.600. The van der Waals surface area contributed by atoms with E-state index in [1.165, 1.54) is 8.79 Å². The first-order valence-electron chi connectivity index (χ1n) is 5.15. The van der Waals surface area contributed by atoms with Gasteiger partial charge in [-0.3, -0.25) is 4.90 Å². The number of halogens is 1. The van der Waals surface area contributed by atoms with Gasteiger partial charge in [-0.2, -0.15) is 0 Å². The molecule has 15 heavy (non-hydrogen) atoms. The van der Waals surface area contributed by atoms with E-state index >= 15 is 0 Å². The van der Waals surface area contributed by atoms with Crippen molar-refractivity contribution in [2.75, 3.05) is 44.8 Å². The van der Waals surface area contributed by atoms with E-state index in [-0.39, 0.29) is 0 Å². The molecule has 1 aliphatic rings. The summed E-state index contributed by atoms with van der Waals surface area (Å²) in [6.45, 7) is 5.55. The highest BCUT2D eigenvalue weighted by Gasteiger charge is 2.12. The number of hydrogen-bond acceptors (Lipinski definition) is 4. The topological polar surface area (TPSA) is 18.5 Å². The van der Waals surface area contributed by atoms with E-state index < -0.39 is 0 Å². The molecular formula is C10H16BrN3S. The van der Waals surface area contributed by atoms with Gasteiger partial charge in [0.2, 0.25) is 0 Å². The second kappa shape index (κ2) is 5.30. The first-order chi connectivity index (χ1) is 7.25. The average molecular weight is 290 g/mol. The first-order valence-corrected chi connectivity index (χ1v) is 6.76. The molecule has 2 rings (SSSR count). The molecule has 1 aromatic rings. The maximum atomic E-state index is 3.49. The molecule has 3 nitrogen and oxygen atoms in total. The van der Waals surface area contributed by atoms with E-state index in [4.69, 9.17) is 0 Å². The standard InChI is InChI=1S/C10H16BrN3S/c1-13(10-3-2-9(11)15-10)8-14-6-4-12-5-7-14/h2-3,12H,4-8H2,1H3. The van der Waals surface area contributed by atoms with E-state index in [1.807, 2.05) is 0 Å². The second-order valence-electron chi connectivity index (χ2n) is 3.79. The third-order valence-corrected chi connectivity index (χ3v) is 4.29. The zero-order valence-corrected chi connectivity index (χ0v) is 11.3. The van der Waals surface area contributed by atoms with Gasteiger partial charge in [0.15, 0.2) is 0 Å². The molecule has 0 unspecified atom stereocenters. The molecular weight excluding hydrogens is 274 g/mol. The summed E-state index contributed by atoms with van der Waals surface area (Å²) in [4.78, 5) is 4.78. The lowest BCUT2D eigenvalue weighted by Crippen LogP contribution is -2.47. The Morgan fingerprint density at radius 2 is 2.20 bits per heavy atom. The molecule has 0 saturated carbocycles. The van der Waals surface area contributed by atoms with Gasteiger partial charge in [0.1, 0.15) is 0 Å². The molecule has 0 bridgehead atoms. The zero-order valence-electron chi connectivity index (χ0n) is 8.87. The first kappa shape index (κ1) is 11.4. The number of nitrogens with one attached hydrogen (secondary N) is 1. The summed E-state index contributed by atoms with van der Waals surface area (Å²) in [5, 5.41) is 4.69. The van der Waals surface area contributed by atoms with Crippen molar-refractivity contribution in [2.45, 2.75) is 0 Å². The maximum Gasteiger partial charge on any atom is 0.0928 e. The van der Waals surface area contributed by atoms with E-state index in [9.17, 15) is 0 Å². The molecule has 1 fully saturated rings. The third-order valence-electron chi connectivity index (χ3n) is 2.56. The van der Waals surface area contributed by atoms with Gasteiger partial charge in [0.05, 0.1) is 15.5 Å². The fourth-order valence-corrected chi connectivity index (χ4v) is 3.05. The molecule has 1 aliphatic heterocycles. The number of nitrogens with zero attached hydrogens (tertiary/aromatic N) is 2. The van der Waals surface area contributed by atoms with Gasteiger partial charge in [-0.15, -0.1) is 11.3 Å². The lowest BCUT2D eigenvalue weighted by molar-refractivity contribution is 0.244. The van der Waals surface area contributed by atoms with Crippen LogP contribution >= 0.6 is 27.3 Å². The maximum absolute atomic E-state index is 3.49. The van der Waals surface area contributed by atoms with Crippen LogP contribution in [0.4, 0.5) is 5.00 Å². The van der Waals surface area contributed by atoms with Crippen LogP contribution in [-0.4, -0.2) is 44.8 Å². The van der Waals surface area contributed by atoms with Gasteiger partial charge >= 0.3 is 0 Å². The predicted molar refractivity (Wildman–Crippen MR) is 69.7 cm³/mol. The van der Waals surface area contributed by atoms with Crippen LogP contribution < -0.4 is 10.2 Å². The highest BCUT2D eigenvalue weighted by Crippen LogP contribution is 2.29. The smallest absolute Gasteiger partial charge is 0.0928 e. The van der Waals surface area contributed by atoms with Crippen LogP contribution in [0.3, 0.4) is 0 Å². The van der Waals surface area contributed by atoms with E-state index in [1.54, 1.807) is 11.3 Å². The molecule has 0 amide bonds. The van der Waals surface area contributed by atoms with E-state index in [0.717, 1.165) is 32.8 Å². The normalized spacial score (nSPS) is 18.0. The summed E-state index contributed by atoms with van der Waals surface area (Å²) >= 11 is 5.28. The van der Waals surface area contributed by atoms with Crippen molar-refractivity contribution < 1.29 is 0 Å². The molecule has 0 radical (unpaired) electrons. The van der Waals surface area contributed by atoms with Crippen LogP contribution in [-0.2, 0) is 0 Å². The van der Waals surface area contributed by atoms with Crippen molar-refractivity contribution in [3.05, 3.63) is 15.9 Å². The van der Waals surface area contributed by atoms with Crippen LogP contribution in [0.15, 0.2) is 15.9 Å².